The van der Waals surface area contributed by atoms with Crippen molar-refractivity contribution in [3.63, 3.8) is 0 Å². The predicted octanol–water partition coefficient (Wildman–Crippen LogP) is 0.220. The smallest absolute Gasteiger partial charge is 0.320 e. The Hall–Kier alpha value is -1.13. The lowest BCUT2D eigenvalue weighted by Crippen LogP contribution is -2.25. The number of carbonyl (C=O) groups is 2. The fourth-order valence-electron chi connectivity index (χ4n) is 0.594. The van der Waals surface area contributed by atoms with Gasteiger partial charge in [-0.1, -0.05) is 0 Å². The van der Waals surface area contributed by atoms with E-state index in [1.54, 1.807) is 0 Å². The zero-order chi connectivity index (χ0) is 8.85. The second kappa shape index (κ2) is 4.65. The van der Waals surface area contributed by atoms with Crippen LogP contribution < -0.4 is 0 Å². The van der Waals surface area contributed by atoms with E-state index in [1.165, 1.54) is 0 Å². The van der Waals surface area contributed by atoms with Gasteiger partial charge in [0.15, 0.2) is 5.92 Å². The monoisotopic (exact) mass is 164 g/mol. The summed E-state index contributed by atoms with van der Waals surface area (Å²) < 4.78 is 15.8. The van der Waals surface area contributed by atoms with Gasteiger partial charge in [-0.3, -0.25) is 14.0 Å². The maximum atomic E-state index is 11.6. The van der Waals surface area contributed by atoms with Crippen molar-refractivity contribution < 1.29 is 23.8 Å². The Labute approximate surface area is 63.0 Å². The summed E-state index contributed by atoms with van der Waals surface area (Å²) in [5.74, 6) is -3.63. The number of hydrogen-bond donors (Lipinski definition) is 1. The number of carboxylic acids is 1. The lowest BCUT2D eigenvalue weighted by atomic mass is 10.1. The largest absolute Gasteiger partial charge is 0.481 e. The molecular weight excluding hydrogens is 155 g/mol. The van der Waals surface area contributed by atoms with Crippen molar-refractivity contribution in [1.82, 2.24) is 0 Å². The summed E-state index contributed by atoms with van der Waals surface area (Å²) >= 11 is 0. The molecule has 0 heterocycles. The Morgan fingerprint density at radius 3 is 2.45 bits per heavy atom. The van der Waals surface area contributed by atoms with Gasteiger partial charge in [-0.25, -0.2) is 0 Å². The Kier molecular flexibility index (Phi) is 4.17. The first-order valence-electron chi connectivity index (χ1n) is 3.00. The second-order valence-corrected chi connectivity index (χ2v) is 1.89. The maximum Gasteiger partial charge on any atom is 0.320 e. The zero-order valence-electron chi connectivity index (χ0n) is 6.04. The predicted molar refractivity (Wildman–Crippen MR) is 33.7 cm³/mol. The van der Waals surface area contributed by atoms with Crippen LogP contribution in [0.25, 0.3) is 0 Å². The molecule has 0 spiro atoms. The molecule has 4 nitrogen and oxygen atoms in total. The highest BCUT2D eigenvalue weighted by Gasteiger charge is 2.26. The van der Waals surface area contributed by atoms with Crippen LogP contribution in [0.5, 0.6) is 0 Å². The van der Waals surface area contributed by atoms with Gasteiger partial charge in [0.2, 0.25) is 0 Å². The van der Waals surface area contributed by atoms with Gasteiger partial charge in [-0.2, -0.15) is 0 Å². The molecule has 0 aromatic rings. The van der Waals surface area contributed by atoms with Crippen LogP contribution in [0.15, 0.2) is 0 Å². The first kappa shape index (κ1) is 9.87. The average molecular weight is 164 g/mol. The van der Waals surface area contributed by atoms with Crippen molar-refractivity contribution in [3.8, 4) is 0 Å². The highest BCUT2D eigenvalue weighted by molar-refractivity contribution is 5.93. The number of carbonyl (C=O) groups excluding carboxylic acids is 1. The van der Waals surface area contributed by atoms with E-state index in [1.807, 2.05) is 0 Å². The molecular formula is C6H9FO4. The number of carboxylic acid groups (broad SMARTS) is 1. The van der Waals surface area contributed by atoms with Gasteiger partial charge in [-0.15, -0.1) is 0 Å². The SMILES string of the molecule is COC(=O)C(CCF)C(=O)O. The number of rotatable bonds is 4. The Morgan fingerprint density at radius 2 is 2.18 bits per heavy atom. The summed E-state index contributed by atoms with van der Waals surface area (Å²) in [6.07, 6.45) is -0.331. The van der Waals surface area contributed by atoms with Crippen molar-refractivity contribution in [2.24, 2.45) is 5.92 Å². The Balaban J connectivity index is 4.09. The van der Waals surface area contributed by atoms with Gasteiger partial charge >= 0.3 is 11.9 Å². The number of alkyl halides is 1. The van der Waals surface area contributed by atoms with E-state index in [0.29, 0.717) is 0 Å². The third-order valence-corrected chi connectivity index (χ3v) is 1.18. The normalized spacial score (nSPS) is 12.2. The van der Waals surface area contributed by atoms with E-state index in [-0.39, 0.29) is 6.42 Å². The molecule has 0 radical (unpaired) electrons. The zero-order valence-corrected chi connectivity index (χ0v) is 6.04. The Morgan fingerprint density at radius 1 is 1.64 bits per heavy atom. The fourth-order valence-corrected chi connectivity index (χ4v) is 0.594. The number of esters is 1. The van der Waals surface area contributed by atoms with E-state index < -0.39 is 24.5 Å². The second-order valence-electron chi connectivity index (χ2n) is 1.89. The molecule has 0 fully saturated rings. The molecule has 1 N–H and O–H groups in total. The third-order valence-electron chi connectivity index (χ3n) is 1.18. The third kappa shape index (κ3) is 2.97. The average Bonchev–Trinajstić information content (AvgIpc) is 1.98. The summed E-state index contributed by atoms with van der Waals surface area (Å²) in [5.41, 5.74) is 0. The van der Waals surface area contributed by atoms with E-state index >= 15 is 0 Å². The molecule has 1 unspecified atom stereocenters. The van der Waals surface area contributed by atoms with Gasteiger partial charge in [0.25, 0.3) is 0 Å². The summed E-state index contributed by atoms with van der Waals surface area (Å²) in [6, 6.07) is 0. The van der Waals surface area contributed by atoms with Crippen LogP contribution in [0.2, 0.25) is 0 Å². The number of halogens is 1. The molecule has 0 saturated heterocycles. The highest BCUT2D eigenvalue weighted by Crippen LogP contribution is 2.05. The lowest BCUT2D eigenvalue weighted by Gasteiger charge is -2.06. The summed E-state index contributed by atoms with van der Waals surface area (Å²) in [4.78, 5) is 20.8. The van der Waals surface area contributed by atoms with Crippen molar-refractivity contribution >= 4 is 11.9 Å². The topological polar surface area (TPSA) is 63.6 Å². The molecule has 64 valence electrons. The number of ether oxygens (including phenoxy) is 1. The molecule has 0 aliphatic heterocycles. The summed E-state index contributed by atoms with van der Waals surface area (Å²) in [7, 11) is 1.07. The molecule has 0 aromatic heterocycles. The molecule has 0 rings (SSSR count). The van der Waals surface area contributed by atoms with Crippen molar-refractivity contribution in [2.45, 2.75) is 6.42 Å². The quantitative estimate of drug-likeness (QED) is 0.477. The van der Waals surface area contributed by atoms with Crippen LogP contribution in [0.4, 0.5) is 4.39 Å². The van der Waals surface area contributed by atoms with Crippen LogP contribution >= 0.6 is 0 Å². The van der Waals surface area contributed by atoms with Crippen molar-refractivity contribution in [2.75, 3.05) is 13.8 Å². The van der Waals surface area contributed by atoms with Gasteiger partial charge in [0.1, 0.15) is 0 Å². The van der Waals surface area contributed by atoms with E-state index in [4.69, 9.17) is 5.11 Å². The van der Waals surface area contributed by atoms with Gasteiger partial charge in [0, 0.05) is 0 Å². The van der Waals surface area contributed by atoms with Crippen molar-refractivity contribution in [1.29, 1.82) is 0 Å². The molecule has 1 atom stereocenters. The minimum absolute atomic E-state index is 0.331. The highest BCUT2D eigenvalue weighted by atomic mass is 19.1. The summed E-state index contributed by atoms with van der Waals surface area (Å²) in [5, 5.41) is 8.34. The molecule has 0 bridgehead atoms. The fraction of sp³-hybridized carbons (Fsp3) is 0.667. The van der Waals surface area contributed by atoms with Crippen LogP contribution in [0.3, 0.4) is 0 Å². The van der Waals surface area contributed by atoms with Crippen LogP contribution in [0.1, 0.15) is 6.42 Å². The summed E-state index contributed by atoms with van der Waals surface area (Å²) in [6.45, 7) is -0.841. The minimum atomic E-state index is -1.37. The van der Waals surface area contributed by atoms with Crippen molar-refractivity contribution in [3.05, 3.63) is 0 Å². The van der Waals surface area contributed by atoms with Gasteiger partial charge in [0.05, 0.1) is 13.8 Å². The lowest BCUT2D eigenvalue weighted by molar-refractivity contribution is -0.157. The molecule has 0 aromatic carbocycles. The maximum absolute atomic E-state index is 11.6. The minimum Gasteiger partial charge on any atom is -0.481 e. The molecule has 0 amide bonds. The molecule has 11 heavy (non-hydrogen) atoms. The molecule has 0 aliphatic rings. The van der Waals surface area contributed by atoms with Crippen LogP contribution in [0, 0.1) is 5.92 Å². The van der Waals surface area contributed by atoms with E-state index in [9.17, 15) is 14.0 Å². The number of methoxy groups -OCH3 is 1. The first-order valence-corrected chi connectivity index (χ1v) is 3.00. The van der Waals surface area contributed by atoms with E-state index in [2.05, 4.69) is 4.74 Å². The van der Waals surface area contributed by atoms with Gasteiger partial charge in [-0.05, 0) is 6.42 Å². The number of hydrogen-bond acceptors (Lipinski definition) is 3. The molecule has 0 aliphatic carbocycles. The Bertz CT molecular complexity index is 157. The van der Waals surface area contributed by atoms with E-state index in [0.717, 1.165) is 7.11 Å². The van der Waals surface area contributed by atoms with Crippen LogP contribution in [-0.4, -0.2) is 30.8 Å². The standard InChI is InChI=1S/C6H9FO4/c1-11-6(10)4(2-3-7)5(8)9/h4H,2-3H2,1H3,(H,8,9). The number of aliphatic carboxylic acids is 1. The first-order chi connectivity index (χ1) is 5.13. The molecule has 0 saturated carbocycles. The molecule has 5 heteroatoms. The van der Waals surface area contributed by atoms with Crippen LogP contribution in [-0.2, 0) is 14.3 Å². The van der Waals surface area contributed by atoms with Gasteiger partial charge < -0.3 is 9.84 Å².